The van der Waals surface area contributed by atoms with Crippen LogP contribution in [0.1, 0.15) is 18.9 Å². The van der Waals surface area contributed by atoms with E-state index in [1.165, 1.54) is 32.9 Å². The molecule has 32 heavy (non-hydrogen) atoms. The van der Waals surface area contributed by atoms with E-state index in [9.17, 15) is 18.8 Å². The average Bonchev–Trinajstić information content (AvgIpc) is 3.59. The molecule has 1 fully saturated rings. The molecule has 0 bridgehead atoms. The largest absolute Gasteiger partial charge is 0.352 e. The molecule has 0 radical (unpaired) electrons. The number of nitrogens with zero attached hydrogens (tertiary/aromatic N) is 3. The van der Waals surface area contributed by atoms with Crippen LogP contribution in [0.5, 0.6) is 0 Å². The van der Waals surface area contributed by atoms with Crippen LogP contribution in [-0.2, 0) is 7.05 Å². The van der Waals surface area contributed by atoms with Gasteiger partial charge in [0.15, 0.2) is 0 Å². The number of hydrogen-bond acceptors (Lipinski definition) is 4. The maximum Gasteiger partial charge on any atom is 0.337 e. The van der Waals surface area contributed by atoms with Crippen LogP contribution in [0.15, 0.2) is 69.0 Å². The lowest BCUT2D eigenvalue weighted by molar-refractivity contribution is 0.630. The summed E-state index contributed by atoms with van der Waals surface area (Å²) >= 11 is 2.00. The third-order valence-electron chi connectivity index (χ3n) is 5.58. The number of halogens is 2. The van der Waals surface area contributed by atoms with Crippen LogP contribution in [0, 0.1) is 9.39 Å². The van der Waals surface area contributed by atoms with Gasteiger partial charge < -0.3 is 5.32 Å². The van der Waals surface area contributed by atoms with Crippen molar-refractivity contribution in [1.82, 2.24) is 13.7 Å². The van der Waals surface area contributed by atoms with Crippen LogP contribution < -0.4 is 22.1 Å². The van der Waals surface area contributed by atoms with E-state index in [0.29, 0.717) is 9.26 Å². The monoisotopic (exact) mass is 544 g/mol. The van der Waals surface area contributed by atoms with Crippen molar-refractivity contribution in [2.45, 2.75) is 18.9 Å². The molecule has 0 amide bonds. The zero-order chi connectivity index (χ0) is 22.6. The number of pyridine rings is 1. The van der Waals surface area contributed by atoms with E-state index in [-0.39, 0.29) is 28.5 Å². The summed E-state index contributed by atoms with van der Waals surface area (Å²) in [5.41, 5.74) is -0.443. The Labute approximate surface area is 194 Å². The van der Waals surface area contributed by atoms with Crippen molar-refractivity contribution in [3.63, 3.8) is 0 Å². The Kier molecular flexibility index (Phi) is 5.00. The first-order chi connectivity index (χ1) is 15.4. The number of nitrogens with one attached hydrogen (secondary N) is 1. The van der Waals surface area contributed by atoms with Gasteiger partial charge in [-0.25, -0.2) is 13.8 Å². The minimum atomic E-state index is -0.510. The minimum absolute atomic E-state index is 0.134. The minimum Gasteiger partial charge on any atom is -0.352 e. The van der Waals surface area contributed by atoms with E-state index in [0.717, 1.165) is 12.8 Å². The van der Waals surface area contributed by atoms with Crippen LogP contribution >= 0.6 is 22.6 Å². The first kappa shape index (κ1) is 20.7. The van der Waals surface area contributed by atoms with Crippen LogP contribution in [0.25, 0.3) is 16.7 Å². The third kappa shape index (κ3) is 3.36. The zero-order valence-corrected chi connectivity index (χ0v) is 19.2. The molecular weight excluding hydrogens is 526 g/mol. The van der Waals surface area contributed by atoms with Crippen LogP contribution in [-0.4, -0.2) is 13.7 Å². The highest BCUT2D eigenvalue weighted by Crippen LogP contribution is 2.33. The van der Waals surface area contributed by atoms with Crippen molar-refractivity contribution in [3.8, 4) is 5.69 Å². The lowest BCUT2D eigenvalue weighted by Crippen LogP contribution is -2.41. The van der Waals surface area contributed by atoms with Gasteiger partial charge in [-0.15, -0.1) is 0 Å². The Morgan fingerprint density at radius 3 is 2.38 bits per heavy atom. The Bertz CT molecular complexity index is 1550. The summed E-state index contributed by atoms with van der Waals surface area (Å²) in [6.45, 7) is 0. The highest BCUT2D eigenvalue weighted by molar-refractivity contribution is 14.1. The fourth-order valence-electron chi connectivity index (χ4n) is 3.86. The second kappa shape index (κ2) is 7.73. The fourth-order valence-corrected chi connectivity index (χ4v) is 4.32. The maximum atomic E-state index is 14.6. The van der Waals surface area contributed by atoms with E-state index in [4.69, 9.17) is 0 Å². The molecule has 5 rings (SSSR count). The molecule has 2 aromatic carbocycles. The molecule has 1 saturated carbocycles. The normalized spacial score (nSPS) is 13.5. The molecule has 0 saturated heterocycles. The van der Waals surface area contributed by atoms with Crippen LogP contribution in [0.4, 0.5) is 15.8 Å². The lowest BCUT2D eigenvalue weighted by Gasteiger charge is -2.19. The van der Waals surface area contributed by atoms with Crippen molar-refractivity contribution in [2.75, 3.05) is 5.32 Å². The Balaban J connectivity index is 1.90. The van der Waals surface area contributed by atoms with Gasteiger partial charge in [-0.2, -0.15) is 0 Å². The van der Waals surface area contributed by atoms with Crippen molar-refractivity contribution < 1.29 is 4.39 Å². The number of aryl methyl sites for hydroxylation is 1. The van der Waals surface area contributed by atoms with Crippen LogP contribution in [0.3, 0.4) is 0 Å². The van der Waals surface area contributed by atoms with Crippen molar-refractivity contribution >= 4 is 45.0 Å². The molecule has 2 heterocycles. The molecule has 9 heteroatoms. The highest BCUT2D eigenvalue weighted by atomic mass is 127. The first-order valence-corrected chi connectivity index (χ1v) is 11.1. The Morgan fingerprint density at radius 1 is 1.00 bits per heavy atom. The molecule has 0 spiro atoms. The maximum absolute atomic E-state index is 14.6. The predicted octanol–water partition coefficient (Wildman–Crippen LogP) is 3.67. The van der Waals surface area contributed by atoms with E-state index >= 15 is 0 Å². The second-order valence-corrected chi connectivity index (χ2v) is 9.01. The molecule has 1 N–H and O–H groups in total. The van der Waals surface area contributed by atoms with E-state index in [2.05, 4.69) is 5.32 Å². The molecule has 1 aliphatic carbocycles. The average molecular weight is 544 g/mol. The summed E-state index contributed by atoms with van der Waals surface area (Å²) in [5, 5.41) is 3.07. The van der Waals surface area contributed by atoms with Crippen molar-refractivity contribution in [3.05, 3.63) is 95.2 Å². The predicted molar refractivity (Wildman–Crippen MR) is 130 cm³/mol. The highest BCUT2D eigenvalue weighted by Gasteiger charge is 2.31. The van der Waals surface area contributed by atoms with Gasteiger partial charge in [0, 0.05) is 22.7 Å². The lowest BCUT2D eigenvalue weighted by atomic mass is 10.2. The topological polar surface area (TPSA) is 78.0 Å². The second-order valence-electron chi connectivity index (χ2n) is 7.76. The summed E-state index contributed by atoms with van der Waals surface area (Å²) < 4.78 is 19.2. The summed E-state index contributed by atoms with van der Waals surface area (Å²) in [7, 11) is 1.51. The smallest absolute Gasteiger partial charge is 0.337 e. The Morgan fingerprint density at radius 2 is 1.72 bits per heavy atom. The van der Waals surface area contributed by atoms with Gasteiger partial charge in [-0.05, 0) is 65.8 Å². The summed E-state index contributed by atoms with van der Waals surface area (Å²) in [6, 6.07) is 14.6. The van der Waals surface area contributed by atoms with Crippen molar-refractivity contribution in [1.29, 1.82) is 0 Å². The summed E-state index contributed by atoms with van der Waals surface area (Å²) in [4.78, 5) is 39.8. The fraction of sp³-hybridized carbons (Fsp3) is 0.174. The van der Waals surface area contributed by atoms with Gasteiger partial charge >= 0.3 is 5.69 Å². The Hall–Kier alpha value is -3.21. The van der Waals surface area contributed by atoms with Gasteiger partial charge in [0.2, 0.25) is 0 Å². The molecule has 0 aliphatic heterocycles. The van der Waals surface area contributed by atoms with E-state index in [1.54, 1.807) is 36.4 Å². The number of hydrogen-bond donors (Lipinski definition) is 1. The van der Waals surface area contributed by atoms with Gasteiger partial charge in [-0.3, -0.25) is 18.7 Å². The molecular formula is C23H18FIN4O3. The summed E-state index contributed by atoms with van der Waals surface area (Å²) in [6.07, 6.45) is 1.46. The van der Waals surface area contributed by atoms with Crippen molar-refractivity contribution in [2.24, 2.45) is 7.05 Å². The van der Waals surface area contributed by atoms with Gasteiger partial charge in [0.05, 0.1) is 17.1 Å². The number of aromatic nitrogens is 3. The zero-order valence-electron chi connectivity index (χ0n) is 17.0. The molecule has 1 aliphatic rings. The first-order valence-electron chi connectivity index (χ1n) is 10.1. The number of anilines is 2. The number of rotatable bonds is 4. The molecule has 4 aromatic rings. The summed E-state index contributed by atoms with van der Waals surface area (Å²) in [5.74, 6) is -0.510. The van der Waals surface area contributed by atoms with Gasteiger partial charge in [0.25, 0.3) is 11.1 Å². The molecule has 0 atom stereocenters. The molecule has 162 valence electrons. The SMILES string of the molecule is Cn1c(=O)cc(Nc2ccc(I)cc2F)c2c(=O)n(C3CC3)c(=O)n(-c3ccccc3)c21. The standard InChI is InChI=1S/C23H18FIN4O3/c1-27-19(30)12-18(26-17-10-7-13(25)11-16(17)24)20-21(27)28(14-5-3-2-4-6-14)23(32)29(22(20)31)15-8-9-15/h2-7,10-12,15,26H,8-9H2,1H3. The van der Waals surface area contributed by atoms with Gasteiger partial charge in [0.1, 0.15) is 16.9 Å². The number of benzene rings is 2. The van der Waals surface area contributed by atoms with Gasteiger partial charge in [-0.1, -0.05) is 18.2 Å². The number of para-hydroxylation sites is 1. The molecule has 0 unspecified atom stereocenters. The number of fused-ring (bicyclic) bond motifs is 1. The quantitative estimate of drug-likeness (QED) is 0.398. The van der Waals surface area contributed by atoms with Crippen LogP contribution in [0.2, 0.25) is 0 Å². The third-order valence-corrected chi connectivity index (χ3v) is 6.25. The van der Waals surface area contributed by atoms with E-state index in [1.807, 2.05) is 28.7 Å². The van der Waals surface area contributed by atoms with E-state index < -0.39 is 22.6 Å². The molecule has 7 nitrogen and oxygen atoms in total. The molecule has 2 aromatic heterocycles.